The predicted octanol–water partition coefficient (Wildman–Crippen LogP) is 3.91. The van der Waals surface area contributed by atoms with Gasteiger partial charge >= 0.3 is 0 Å². The minimum absolute atomic E-state index is 0.413. The van der Waals surface area contributed by atoms with Crippen molar-refractivity contribution in [1.29, 1.82) is 0 Å². The molecule has 0 amide bonds. The third-order valence-electron chi connectivity index (χ3n) is 2.58. The first kappa shape index (κ1) is 13.5. The summed E-state index contributed by atoms with van der Waals surface area (Å²) in [4.78, 5) is 0. The van der Waals surface area contributed by atoms with Gasteiger partial charge < -0.3 is 10.1 Å². The Labute approximate surface area is 107 Å². The normalized spacial score (nSPS) is 12.5. The second kappa shape index (κ2) is 6.92. The summed E-state index contributed by atoms with van der Waals surface area (Å²) < 4.78 is 6.66. The number of hydrogen-bond donors (Lipinski definition) is 1. The van der Waals surface area contributed by atoms with Crippen molar-refractivity contribution in [3.63, 3.8) is 0 Å². The molecular weight excluding hydrogens is 266 g/mol. The zero-order chi connectivity index (χ0) is 12.0. The first-order valence-electron chi connectivity index (χ1n) is 5.82. The first-order valence-corrected chi connectivity index (χ1v) is 6.61. The van der Waals surface area contributed by atoms with Gasteiger partial charge in [0.25, 0.3) is 0 Å². The van der Waals surface area contributed by atoms with E-state index in [1.165, 1.54) is 5.56 Å². The molecule has 1 aromatic rings. The number of benzene rings is 1. The summed E-state index contributed by atoms with van der Waals surface area (Å²) in [6, 6.07) is 6.71. The van der Waals surface area contributed by atoms with Crippen LogP contribution in [0.4, 0.5) is 0 Å². The van der Waals surface area contributed by atoms with Crippen LogP contribution in [-0.2, 0) is 0 Å². The molecule has 0 fully saturated rings. The maximum absolute atomic E-state index is 5.62. The minimum Gasteiger partial charge on any atom is -0.492 e. The highest BCUT2D eigenvalue weighted by molar-refractivity contribution is 9.10. The van der Waals surface area contributed by atoms with Gasteiger partial charge in [0.05, 0.1) is 11.1 Å². The van der Waals surface area contributed by atoms with E-state index in [2.05, 4.69) is 47.2 Å². The molecule has 2 nitrogen and oxygen atoms in total. The maximum Gasteiger partial charge on any atom is 0.133 e. The summed E-state index contributed by atoms with van der Waals surface area (Å²) >= 11 is 3.55. The van der Waals surface area contributed by atoms with Crippen molar-refractivity contribution < 1.29 is 4.74 Å². The highest BCUT2D eigenvalue weighted by Gasteiger charge is 2.09. The number of hydrogen-bond acceptors (Lipinski definition) is 2. The van der Waals surface area contributed by atoms with E-state index >= 15 is 0 Å². The van der Waals surface area contributed by atoms with Crippen molar-refractivity contribution in [1.82, 2.24) is 5.32 Å². The van der Waals surface area contributed by atoms with Crippen LogP contribution in [0.2, 0.25) is 0 Å². The zero-order valence-corrected chi connectivity index (χ0v) is 11.8. The highest BCUT2D eigenvalue weighted by atomic mass is 79.9. The Bertz CT molecular complexity index is 324. The second-order valence-corrected chi connectivity index (χ2v) is 4.64. The van der Waals surface area contributed by atoms with Gasteiger partial charge in [-0.25, -0.2) is 0 Å². The van der Waals surface area contributed by atoms with Crippen molar-refractivity contribution >= 4 is 15.9 Å². The van der Waals surface area contributed by atoms with E-state index < -0.39 is 0 Å². The first-order chi connectivity index (χ1) is 7.72. The molecule has 0 spiro atoms. The predicted molar refractivity (Wildman–Crippen MR) is 72.0 cm³/mol. The number of ether oxygens (including phenoxy) is 1. The average Bonchev–Trinajstić information content (AvgIpc) is 2.29. The Morgan fingerprint density at radius 2 is 2.12 bits per heavy atom. The molecule has 1 unspecified atom stereocenters. The molecule has 0 aliphatic carbocycles. The van der Waals surface area contributed by atoms with E-state index in [1.807, 2.05) is 13.1 Å². The molecule has 16 heavy (non-hydrogen) atoms. The SMILES string of the molecule is CCCOc1ccc(C(CC)NC)cc1Br. The Morgan fingerprint density at radius 3 is 2.62 bits per heavy atom. The lowest BCUT2D eigenvalue weighted by Crippen LogP contribution is -2.15. The smallest absolute Gasteiger partial charge is 0.133 e. The van der Waals surface area contributed by atoms with Crippen molar-refractivity contribution in [3.8, 4) is 5.75 Å². The summed E-state index contributed by atoms with van der Waals surface area (Å²) in [5, 5.41) is 3.30. The third kappa shape index (κ3) is 3.49. The topological polar surface area (TPSA) is 21.3 Å². The Hall–Kier alpha value is -0.540. The lowest BCUT2D eigenvalue weighted by molar-refractivity contribution is 0.315. The van der Waals surface area contributed by atoms with Crippen molar-refractivity contribution in [2.45, 2.75) is 32.7 Å². The molecule has 1 aromatic carbocycles. The van der Waals surface area contributed by atoms with E-state index in [0.717, 1.165) is 29.7 Å². The fourth-order valence-electron chi connectivity index (χ4n) is 1.67. The Morgan fingerprint density at radius 1 is 1.38 bits per heavy atom. The molecule has 0 saturated heterocycles. The van der Waals surface area contributed by atoms with Crippen LogP contribution in [0.1, 0.15) is 38.3 Å². The van der Waals surface area contributed by atoms with Crippen LogP contribution in [-0.4, -0.2) is 13.7 Å². The fraction of sp³-hybridized carbons (Fsp3) is 0.538. The van der Waals surface area contributed by atoms with E-state index in [0.29, 0.717) is 6.04 Å². The molecule has 1 N–H and O–H groups in total. The van der Waals surface area contributed by atoms with Gasteiger partial charge in [-0.15, -0.1) is 0 Å². The summed E-state index contributed by atoms with van der Waals surface area (Å²) in [5.74, 6) is 0.927. The standard InChI is InChI=1S/C13H20BrNO/c1-4-8-16-13-7-6-10(9-11(13)14)12(5-2)15-3/h6-7,9,12,15H,4-5,8H2,1-3H3. The molecule has 0 heterocycles. The van der Waals surface area contributed by atoms with Crippen LogP contribution < -0.4 is 10.1 Å². The molecule has 0 aliphatic heterocycles. The summed E-state index contributed by atoms with van der Waals surface area (Å²) in [7, 11) is 1.99. The second-order valence-electron chi connectivity index (χ2n) is 3.79. The molecular formula is C13H20BrNO. The third-order valence-corrected chi connectivity index (χ3v) is 3.20. The minimum atomic E-state index is 0.413. The van der Waals surface area contributed by atoms with Crippen LogP contribution in [0.15, 0.2) is 22.7 Å². The monoisotopic (exact) mass is 285 g/mol. The maximum atomic E-state index is 5.62. The average molecular weight is 286 g/mol. The molecule has 0 aliphatic rings. The van der Waals surface area contributed by atoms with Crippen molar-refractivity contribution in [3.05, 3.63) is 28.2 Å². The summed E-state index contributed by atoms with van der Waals surface area (Å²) in [5.41, 5.74) is 1.29. The van der Waals surface area contributed by atoms with Crippen LogP contribution in [0.5, 0.6) is 5.75 Å². The van der Waals surface area contributed by atoms with Gasteiger partial charge in [0.2, 0.25) is 0 Å². The van der Waals surface area contributed by atoms with Gasteiger partial charge in [0.1, 0.15) is 5.75 Å². The lowest BCUT2D eigenvalue weighted by Gasteiger charge is -2.16. The van der Waals surface area contributed by atoms with E-state index in [9.17, 15) is 0 Å². The quantitative estimate of drug-likeness (QED) is 0.856. The lowest BCUT2D eigenvalue weighted by atomic mass is 10.0. The van der Waals surface area contributed by atoms with Gasteiger partial charge in [-0.05, 0) is 53.5 Å². The molecule has 0 radical (unpaired) electrons. The molecule has 0 aromatic heterocycles. The molecule has 1 atom stereocenters. The van der Waals surface area contributed by atoms with Gasteiger partial charge in [-0.2, -0.15) is 0 Å². The number of nitrogens with one attached hydrogen (secondary N) is 1. The van der Waals surface area contributed by atoms with Crippen molar-refractivity contribution in [2.75, 3.05) is 13.7 Å². The van der Waals surface area contributed by atoms with Crippen molar-refractivity contribution in [2.24, 2.45) is 0 Å². The van der Waals surface area contributed by atoms with E-state index in [-0.39, 0.29) is 0 Å². The van der Waals surface area contributed by atoms with Gasteiger partial charge in [0.15, 0.2) is 0 Å². The molecule has 90 valence electrons. The largest absolute Gasteiger partial charge is 0.492 e. The summed E-state index contributed by atoms with van der Waals surface area (Å²) in [6.07, 6.45) is 2.11. The van der Waals surface area contributed by atoms with Gasteiger partial charge in [-0.3, -0.25) is 0 Å². The van der Waals surface area contributed by atoms with Crippen LogP contribution in [0, 0.1) is 0 Å². The zero-order valence-electron chi connectivity index (χ0n) is 10.2. The molecule has 1 rings (SSSR count). The fourth-order valence-corrected chi connectivity index (χ4v) is 2.18. The molecule has 0 bridgehead atoms. The van der Waals surface area contributed by atoms with Crippen LogP contribution >= 0.6 is 15.9 Å². The number of halogens is 1. The molecule has 0 saturated carbocycles. The summed E-state index contributed by atoms with van der Waals surface area (Å²) in [6.45, 7) is 5.05. The van der Waals surface area contributed by atoms with E-state index in [4.69, 9.17) is 4.74 Å². The van der Waals surface area contributed by atoms with Crippen LogP contribution in [0.3, 0.4) is 0 Å². The Kier molecular flexibility index (Phi) is 5.85. The highest BCUT2D eigenvalue weighted by Crippen LogP contribution is 2.29. The van der Waals surface area contributed by atoms with Crippen LogP contribution in [0.25, 0.3) is 0 Å². The van der Waals surface area contributed by atoms with Gasteiger partial charge in [0, 0.05) is 6.04 Å². The Balaban J connectivity index is 2.81. The van der Waals surface area contributed by atoms with Gasteiger partial charge in [-0.1, -0.05) is 19.9 Å². The molecule has 3 heteroatoms. The van der Waals surface area contributed by atoms with E-state index in [1.54, 1.807) is 0 Å². The number of rotatable bonds is 6.